The summed E-state index contributed by atoms with van der Waals surface area (Å²) < 4.78 is 1.80. The first-order chi connectivity index (χ1) is 12.2. The van der Waals surface area contributed by atoms with Crippen LogP contribution in [0.5, 0.6) is 0 Å². The molecule has 0 bridgehead atoms. The summed E-state index contributed by atoms with van der Waals surface area (Å²) in [6.07, 6.45) is 0.974. The molecule has 2 aromatic carbocycles. The van der Waals surface area contributed by atoms with Crippen LogP contribution in [-0.2, 0) is 0 Å². The van der Waals surface area contributed by atoms with E-state index in [1.165, 1.54) is 5.56 Å². The Morgan fingerprint density at radius 3 is 2.36 bits per heavy atom. The molecule has 4 heteroatoms. The van der Waals surface area contributed by atoms with Crippen LogP contribution in [0.25, 0.3) is 5.69 Å². The second-order valence-electron chi connectivity index (χ2n) is 6.14. The molecule has 1 amide bonds. The maximum Gasteiger partial charge on any atom is 0.271 e. The number of nitrogens with one attached hydrogen (secondary N) is 1. The largest absolute Gasteiger partial charge is 0.350 e. The van der Waals surface area contributed by atoms with Gasteiger partial charge in [0, 0.05) is 18.2 Å². The van der Waals surface area contributed by atoms with Gasteiger partial charge >= 0.3 is 0 Å². The molecule has 1 atom stereocenters. The van der Waals surface area contributed by atoms with E-state index in [1.54, 1.807) is 4.68 Å². The molecule has 0 aliphatic rings. The van der Waals surface area contributed by atoms with E-state index in [9.17, 15) is 4.79 Å². The number of aryl methyl sites for hydroxylation is 1. The number of carbonyl (C=O) groups is 1. The quantitative estimate of drug-likeness (QED) is 0.738. The van der Waals surface area contributed by atoms with Gasteiger partial charge in [-0.15, -0.1) is 0 Å². The predicted molar refractivity (Wildman–Crippen MR) is 100 cm³/mol. The Hall–Kier alpha value is -2.88. The van der Waals surface area contributed by atoms with Gasteiger partial charge in [-0.1, -0.05) is 55.5 Å². The van der Waals surface area contributed by atoms with E-state index in [0.717, 1.165) is 17.8 Å². The Labute approximate surface area is 148 Å². The van der Waals surface area contributed by atoms with E-state index < -0.39 is 0 Å². The van der Waals surface area contributed by atoms with Crippen LogP contribution in [0.4, 0.5) is 0 Å². The van der Waals surface area contributed by atoms with Crippen molar-refractivity contribution in [2.45, 2.75) is 26.2 Å². The molecule has 1 N–H and O–H groups in total. The third-order valence-electron chi connectivity index (χ3n) is 4.39. The summed E-state index contributed by atoms with van der Waals surface area (Å²) in [5.41, 5.74) is 3.58. The van der Waals surface area contributed by atoms with Crippen molar-refractivity contribution in [2.24, 2.45) is 0 Å². The van der Waals surface area contributed by atoms with Crippen LogP contribution in [0.2, 0.25) is 0 Å². The number of hydrogen-bond donors (Lipinski definition) is 1. The first-order valence-electron chi connectivity index (χ1n) is 8.64. The molecule has 4 nitrogen and oxygen atoms in total. The molecule has 1 heterocycles. The average molecular weight is 333 g/mol. The highest BCUT2D eigenvalue weighted by Gasteiger charge is 2.15. The topological polar surface area (TPSA) is 46.9 Å². The van der Waals surface area contributed by atoms with Gasteiger partial charge in [-0.2, -0.15) is 5.10 Å². The number of nitrogens with zero attached hydrogens (tertiary/aromatic N) is 2. The monoisotopic (exact) mass is 333 g/mol. The summed E-state index contributed by atoms with van der Waals surface area (Å²) in [6.45, 7) is 4.70. The lowest BCUT2D eigenvalue weighted by Gasteiger charge is -2.15. The van der Waals surface area contributed by atoms with Crippen molar-refractivity contribution in [2.75, 3.05) is 6.54 Å². The number of hydrogen-bond acceptors (Lipinski definition) is 2. The minimum absolute atomic E-state index is 0.132. The van der Waals surface area contributed by atoms with E-state index in [0.29, 0.717) is 18.2 Å². The normalized spacial score (nSPS) is 11.9. The third kappa shape index (κ3) is 3.97. The number of aromatic nitrogens is 2. The molecule has 0 aliphatic heterocycles. The zero-order chi connectivity index (χ0) is 17.6. The number of para-hydroxylation sites is 1. The first kappa shape index (κ1) is 17.0. The molecule has 0 fully saturated rings. The first-order valence-corrected chi connectivity index (χ1v) is 8.64. The van der Waals surface area contributed by atoms with Gasteiger partial charge in [-0.3, -0.25) is 4.79 Å². The minimum Gasteiger partial charge on any atom is -0.350 e. The van der Waals surface area contributed by atoms with Gasteiger partial charge in [-0.05, 0) is 37.1 Å². The maximum atomic E-state index is 12.5. The molecule has 0 spiro atoms. The highest BCUT2D eigenvalue weighted by Crippen LogP contribution is 2.18. The molecule has 25 heavy (non-hydrogen) atoms. The summed E-state index contributed by atoms with van der Waals surface area (Å²) in [5, 5.41) is 7.49. The SMILES string of the molecule is CCC(CNC(=O)c1cc(C)n(-c2ccccc2)n1)c1ccccc1. The van der Waals surface area contributed by atoms with Crippen LogP contribution >= 0.6 is 0 Å². The number of carbonyl (C=O) groups excluding carboxylic acids is 1. The van der Waals surface area contributed by atoms with Crippen molar-refractivity contribution in [3.8, 4) is 5.69 Å². The highest BCUT2D eigenvalue weighted by molar-refractivity contribution is 5.92. The summed E-state index contributed by atoms with van der Waals surface area (Å²) in [4.78, 5) is 12.5. The Bertz CT molecular complexity index is 825. The summed E-state index contributed by atoms with van der Waals surface area (Å²) in [6, 6.07) is 21.9. The minimum atomic E-state index is -0.132. The standard InChI is InChI=1S/C21H23N3O/c1-3-17(18-10-6-4-7-11-18)15-22-21(25)20-14-16(2)24(23-20)19-12-8-5-9-13-19/h4-14,17H,3,15H2,1-2H3,(H,22,25). The van der Waals surface area contributed by atoms with Crippen LogP contribution in [0, 0.1) is 6.92 Å². The Kier molecular flexibility index (Phi) is 5.29. The van der Waals surface area contributed by atoms with Crippen molar-refractivity contribution in [1.29, 1.82) is 0 Å². The van der Waals surface area contributed by atoms with Gasteiger partial charge in [0.25, 0.3) is 5.91 Å². The molecule has 0 saturated heterocycles. The fraction of sp³-hybridized carbons (Fsp3) is 0.238. The molecule has 1 aromatic heterocycles. The molecule has 3 rings (SSSR count). The second-order valence-corrected chi connectivity index (χ2v) is 6.14. The smallest absolute Gasteiger partial charge is 0.271 e. The zero-order valence-electron chi connectivity index (χ0n) is 14.6. The van der Waals surface area contributed by atoms with E-state index in [1.807, 2.05) is 61.5 Å². The Morgan fingerprint density at radius 1 is 1.08 bits per heavy atom. The zero-order valence-corrected chi connectivity index (χ0v) is 14.6. The van der Waals surface area contributed by atoms with Crippen LogP contribution in [0.1, 0.15) is 41.0 Å². The van der Waals surface area contributed by atoms with E-state index in [-0.39, 0.29) is 5.91 Å². The maximum absolute atomic E-state index is 12.5. The number of rotatable bonds is 6. The summed E-state index contributed by atoms with van der Waals surface area (Å²) in [5.74, 6) is 0.176. The second kappa shape index (κ2) is 7.79. The van der Waals surface area contributed by atoms with Crippen molar-refractivity contribution in [1.82, 2.24) is 15.1 Å². The number of amides is 1. The Morgan fingerprint density at radius 2 is 1.72 bits per heavy atom. The van der Waals surface area contributed by atoms with E-state index in [4.69, 9.17) is 0 Å². The molecule has 3 aromatic rings. The fourth-order valence-corrected chi connectivity index (χ4v) is 2.95. The van der Waals surface area contributed by atoms with Gasteiger partial charge in [0.15, 0.2) is 5.69 Å². The van der Waals surface area contributed by atoms with Crippen molar-refractivity contribution in [3.05, 3.63) is 83.7 Å². The highest BCUT2D eigenvalue weighted by atomic mass is 16.1. The van der Waals surface area contributed by atoms with Gasteiger partial charge in [0.1, 0.15) is 0 Å². The van der Waals surface area contributed by atoms with E-state index in [2.05, 4.69) is 29.5 Å². The molecular formula is C21H23N3O. The molecule has 0 saturated carbocycles. The predicted octanol–water partition coefficient (Wildman–Crippen LogP) is 4.10. The lowest BCUT2D eigenvalue weighted by Crippen LogP contribution is -2.28. The van der Waals surface area contributed by atoms with Gasteiger partial charge in [0.2, 0.25) is 0 Å². The molecule has 0 aliphatic carbocycles. The molecule has 1 unspecified atom stereocenters. The van der Waals surface area contributed by atoms with Crippen molar-refractivity contribution in [3.63, 3.8) is 0 Å². The summed E-state index contributed by atoms with van der Waals surface area (Å²) in [7, 11) is 0. The molecule has 128 valence electrons. The number of benzene rings is 2. The lowest BCUT2D eigenvalue weighted by atomic mass is 9.96. The summed E-state index contributed by atoms with van der Waals surface area (Å²) >= 11 is 0. The van der Waals surface area contributed by atoms with Crippen LogP contribution < -0.4 is 5.32 Å². The molecule has 0 radical (unpaired) electrons. The average Bonchev–Trinajstić information content (AvgIpc) is 3.05. The Balaban J connectivity index is 1.70. The van der Waals surface area contributed by atoms with E-state index >= 15 is 0 Å². The fourth-order valence-electron chi connectivity index (χ4n) is 2.95. The lowest BCUT2D eigenvalue weighted by molar-refractivity contribution is 0.0945. The van der Waals surface area contributed by atoms with Crippen LogP contribution in [-0.4, -0.2) is 22.2 Å². The van der Waals surface area contributed by atoms with Crippen molar-refractivity contribution >= 4 is 5.91 Å². The van der Waals surface area contributed by atoms with Gasteiger partial charge in [0.05, 0.1) is 5.69 Å². The van der Waals surface area contributed by atoms with Crippen molar-refractivity contribution < 1.29 is 4.79 Å². The molecular weight excluding hydrogens is 310 g/mol. The van der Waals surface area contributed by atoms with Gasteiger partial charge in [-0.25, -0.2) is 4.68 Å². The third-order valence-corrected chi connectivity index (χ3v) is 4.39. The van der Waals surface area contributed by atoms with Gasteiger partial charge < -0.3 is 5.32 Å². The van der Waals surface area contributed by atoms with Crippen LogP contribution in [0.3, 0.4) is 0 Å². The van der Waals surface area contributed by atoms with Crippen LogP contribution in [0.15, 0.2) is 66.7 Å².